The summed E-state index contributed by atoms with van der Waals surface area (Å²) in [6.07, 6.45) is 0. The average molecular weight is 642 g/mol. The standard InChI is InChI=1S/C19H17BrP.C18H11BO3/c20-16-21(17-10-4-1-5-11-17,18-12-6-2-7-13-18)19-14-8-3-9-15-19;20-19(21)22-17-7-3-6-12-8-9-15-10-13-4-1-2-5-14(13)11-16(15)18(12)17/h1-15H,16H2;1-11H/q+1;-2. The van der Waals surface area contributed by atoms with Crippen LogP contribution in [-0.4, -0.2) is 12.4 Å². The van der Waals surface area contributed by atoms with Gasteiger partial charge in [-0.1, -0.05) is 103 Å². The Bertz CT molecular complexity index is 1870. The van der Waals surface area contributed by atoms with E-state index in [-0.39, 0.29) is 0 Å². The van der Waals surface area contributed by atoms with Crippen LogP contribution in [0.1, 0.15) is 0 Å². The molecule has 0 aliphatic rings. The Morgan fingerprint density at radius 1 is 0.512 bits per heavy atom. The third-order valence-corrected chi connectivity index (χ3v) is 13.8. The molecule has 6 heteroatoms. The van der Waals surface area contributed by atoms with Crippen LogP contribution in [0.15, 0.2) is 158 Å². The molecule has 0 atom stereocenters. The topological polar surface area (TPSA) is 55.3 Å². The normalized spacial score (nSPS) is 11.2. The number of hydrogen-bond donors (Lipinski definition) is 0. The van der Waals surface area contributed by atoms with Gasteiger partial charge < -0.3 is 14.7 Å². The summed E-state index contributed by atoms with van der Waals surface area (Å²) in [5.74, 6) is 0.341. The van der Waals surface area contributed by atoms with E-state index in [4.69, 9.17) is 4.65 Å². The van der Waals surface area contributed by atoms with Gasteiger partial charge in [0, 0.05) is 5.39 Å². The molecule has 0 heterocycles. The zero-order valence-electron chi connectivity index (χ0n) is 23.3. The molecule has 0 N–H and O–H groups in total. The molecule has 0 saturated heterocycles. The molecule has 0 unspecified atom stereocenters. The molecule has 0 bridgehead atoms. The molecule has 43 heavy (non-hydrogen) atoms. The van der Waals surface area contributed by atoms with Gasteiger partial charge in [-0.05, 0) is 97.5 Å². The van der Waals surface area contributed by atoms with E-state index in [0.717, 1.165) is 37.4 Å². The van der Waals surface area contributed by atoms with Gasteiger partial charge in [0.25, 0.3) is 0 Å². The second-order valence-electron chi connectivity index (χ2n) is 10.2. The minimum Gasteiger partial charge on any atom is -0.860 e. The van der Waals surface area contributed by atoms with Gasteiger partial charge in [-0.15, -0.1) is 0 Å². The summed E-state index contributed by atoms with van der Waals surface area (Å²) >= 11 is 3.83. The van der Waals surface area contributed by atoms with E-state index in [1.807, 2.05) is 36.4 Å². The van der Waals surface area contributed by atoms with E-state index in [1.54, 1.807) is 12.1 Å². The van der Waals surface area contributed by atoms with Crippen molar-refractivity contribution in [3.8, 4) is 5.75 Å². The van der Waals surface area contributed by atoms with Crippen molar-refractivity contribution < 1.29 is 14.7 Å². The quantitative estimate of drug-likeness (QED) is 0.0679. The molecule has 0 saturated carbocycles. The first-order valence-corrected chi connectivity index (χ1v) is 17.1. The van der Waals surface area contributed by atoms with Gasteiger partial charge in [-0.3, -0.25) is 0 Å². The van der Waals surface area contributed by atoms with Crippen LogP contribution in [0, 0.1) is 0 Å². The van der Waals surface area contributed by atoms with Gasteiger partial charge in [0.05, 0.1) is 0 Å². The summed E-state index contributed by atoms with van der Waals surface area (Å²) in [6.45, 7) is 0. The van der Waals surface area contributed by atoms with Crippen molar-refractivity contribution in [2.45, 2.75) is 0 Å². The lowest BCUT2D eigenvalue weighted by atomic mass is 9.97. The first-order valence-electron chi connectivity index (χ1n) is 14.0. The van der Waals surface area contributed by atoms with Crippen molar-refractivity contribution in [2.75, 3.05) is 5.07 Å². The number of fused-ring (bicyclic) bond motifs is 4. The highest BCUT2D eigenvalue weighted by atomic mass is 79.9. The molecule has 0 fully saturated rings. The van der Waals surface area contributed by atoms with Gasteiger partial charge in [-0.2, -0.15) is 0 Å². The maximum absolute atomic E-state index is 10.9. The third-order valence-electron chi connectivity index (χ3n) is 7.68. The van der Waals surface area contributed by atoms with Crippen LogP contribution < -0.4 is 30.6 Å². The molecular weight excluding hydrogens is 614 g/mol. The summed E-state index contributed by atoms with van der Waals surface area (Å²) in [7, 11) is -3.95. The van der Waals surface area contributed by atoms with Gasteiger partial charge in [0.1, 0.15) is 41.3 Å². The van der Waals surface area contributed by atoms with Gasteiger partial charge in [-0.25, -0.2) is 0 Å². The first kappa shape index (κ1) is 29.1. The predicted octanol–water partition coefficient (Wildman–Crippen LogP) is 6.56. The molecule has 0 radical (unpaired) electrons. The van der Waals surface area contributed by atoms with Crippen LogP contribution in [0.25, 0.3) is 32.3 Å². The summed E-state index contributed by atoms with van der Waals surface area (Å²) in [6, 6.07) is 54.3. The summed E-state index contributed by atoms with van der Waals surface area (Å²) in [5.41, 5.74) is 0. The van der Waals surface area contributed by atoms with Gasteiger partial charge in [0.15, 0.2) is 0 Å². The van der Waals surface area contributed by atoms with Crippen molar-refractivity contribution >= 4 is 78.7 Å². The average Bonchev–Trinajstić information content (AvgIpc) is 3.06. The zero-order chi connectivity index (χ0) is 29.6. The molecule has 7 rings (SSSR count). The molecule has 0 aliphatic carbocycles. The Morgan fingerprint density at radius 2 is 0.977 bits per heavy atom. The van der Waals surface area contributed by atoms with Crippen LogP contribution in [-0.2, 0) is 0 Å². The van der Waals surface area contributed by atoms with Gasteiger partial charge in [0.2, 0.25) is 0 Å². The number of rotatable bonds is 6. The fraction of sp³-hybridized carbons (Fsp3) is 0.0270. The van der Waals surface area contributed by atoms with E-state index in [0.29, 0.717) is 5.75 Å². The van der Waals surface area contributed by atoms with Crippen molar-refractivity contribution in [3.63, 3.8) is 0 Å². The Hall–Kier alpha value is -3.99. The third kappa shape index (κ3) is 5.95. The van der Waals surface area contributed by atoms with Gasteiger partial charge >= 0.3 is 0 Å². The largest absolute Gasteiger partial charge is 0.860 e. The molecule has 3 nitrogen and oxygen atoms in total. The van der Waals surface area contributed by atoms with E-state index in [2.05, 4.69) is 125 Å². The Labute approximate surface area is 261 Å². The Morgan fingerprint density at radius 3 is 1.49 bits per heavy atom. The SMILES string of the molecule is BrC[P+](c1ccccc1)(c1ccccc1)c1ccccc1.[O-]B([O-])Oc1cccc2ccc3cc4ccccc4cc3c12. The lowest BCUT2D eigenvalue weighted by molar-refractivity contribution is -0.372. The van der Waals surface area contributed by atoms with Crippen molar-refractivity contribution in [1.29, 1.82) is 0 Å². The maximum Gasteiger partial charge on any atom is 0.133 e. The van der Waals surface area contributed by atoms with Crippen molar-refractivity contribution in [2.24, 2.45) is 0 Å². The molecular formula is C37H28BBrO3P-. The number of hydrogen-bond acceptors (Lipinski definition) is 3. The highest BCUT2D eigenvalue weighted by molar-refractivity contribution is 9.10. The maximum atomic E-state index is 10.9. The predicted molar refractivity (Wildman–Crippen MR) is 184 cm³/mol. The minimum absolute atomic E-state index is 0.341. The molecule has 0 aliphatic heterocycles. The van der Waals surface area contributed by atoms with Crippen molar-refractivity contribution in [3.05, 3.63) is 158 Å². The molecule has 210 valence electrons. The van der Waals surface area contributed by atoms with Crippen LogP contribution in [0.5, 0.6) is 5.75 Å². The van der Waals surface area contributed by atoms with Crippen LogP contribution >= 0.6 is 23.2 Å². The molecule has 7 aromatic rings. The second-order valence-corrected chi connectivity index (χ2v) is 15.1. The summed E-state index contributed by atoms with van der Waals surface area (Å²) < 4.78 is 4.94. The number of halogens is 1. The fourth-order valence-electron chi connectivity index (χ4n) is 5.67. The summed E-state index contributed by atoms with van der Waals surface area (Å²) in [5, 5.41) is 33.1. The van der Waals surface area contributed by atoms with Crippen LogP contribution in [0.4, 0.5) is 0 Å². The fourth-order valence-corrected chi connectivity index (χ4v) is 11.6. The smallest absolute Gasteiger partial charge is 0.133 e. The lowest BCUT2D eigenvalue weighted by Gasteiger charge is -2.27. The lowest BCUT2D eigenvalue weighted by Crippen LogP contribution is -2.50. The Kier molecular flexibility index (Phi) is 8.88. The molecule has 0 amide bonds. The van der Waals surface area contributed by atoms with E-state index in [9.17, 15) is 10.0 Å². The molecule has 0 spiro atoms. The van der Waals surface area contributed by atoms with Crippen LogP contribution in [0.3, 0.4) is 0 Å². The highest BCUT2D eigenvalue weighted by Gasteiger charge is 2.44. The van der Waals surface area contributed by atoms with Crippen molar-refractivity contribution in [1.82, 2.24) is 0 Å². The Balaban J connectivity index is 0.000000153. The summed E-state index contributed by atoms with van der Waals surface area (Å²) in [4.78, 5) is 0. The molecule has 0 aromatic heterocycles. The second kappa shape index (κ2) is 13.1. The highest BCUT2D eigenvalue weighted by Crippen LogP contribution is 2.56. The van der Waals surface area contributed by atoms with E-state index < -0.39 is 14.6 Å². The molecule has 7 aromatic carbocycles. The monoisotopic (exact) mass is 641 g/mol. The van der Waals surface area contributed by atoms with Crippen LogP contribution in [0.2, 0.25) is 0 Å². The zero-order valence-corrected chi connectivity index (χ0v) is 25.8. The van der Waals surface area contributed by atoms with E-state index >= 15 is 0 Å². The van der Waals surface area contributed by atoms with E-state index in [1.165, 1.54) is 15.9 Å². The number of benzene rings is 7. The number of alkyl halides is 1. The first-order chi connectivity index (χ1) is 21.1. The minimum atomic E-state index is -2.33.